The van der Waals surface area contributed by atoms with Gasteiger partial charge in [0.05, 0.1) is 12.0 Å². The van der Waals surface area contributed by atoms with Gasteiger partial charge < -0.3 is 5.32 Å². The van der Waals surface area contributed by atoms with Crippen LogP contribution in [0.5, 0.6) is 0 Å². The molecule has 0 aromatic rings. The summed E-state index contributed by atoms with van der Waals surface area (Å²) in [6, 6.07) is 3.40. The van der Waals surface area contributed by atoms with Crippen molar-refractivity contribution in [3.05, 3.63) is 0 Å². The molecule has 14 heavy (non-hydrogen) atoms. The molecule has 0 aliphatic heterocycles. The summed E-state index contributed by atoms with van der Waals surface area (Å²) < 4.78 is 0. The molecule has 1 N–H and O–H groups in total. The summed E-state index contributed by atoms with van der Waals surface area (Å²) in [4.78, 5) is 0. The van der Waals surface area contributed by atoms with Crippen LogP contribution in [0.25, 0.3) is 0 Å². The number of nitrogens with one attached hydrogen (secondary N) is 1. The molecule has 0 heterocycles. The third-order valence-corrected chi connectivity index (χ3v) is 3.66. The summed E-state index contributed by atoms with van der Waals surface area (Å²) in [6.07, 6.45) is 4.68. The molecule has 4 atom stereocenters. The van der Waals surface area contributed by atoms with Crippen LogP contribution in [0.4, 0.5) is 0 Å². The quantitative estimate of drug-likeness (QED) is 0.747. The fourth-order valence-electron chi connectivity index (χ4n) is 2.17. The van der Waals surface area contributed by atoms with E-state index in [0.29, 0.717) is 18.0 Å². The second kappa shape index (κ2) is 5.36. The molecule has 0 amide bonds. The molecule has 80 valence electrons. The smallest absolute Gasteiger partial charge is 0.0672 e. The Hall–Kier alpha value is -0.550. The van der Waals surface area contributed by atoms with Crippen molar-refractivity contribution in [2.45, 2.75) is 58.5 Å². The zero-order valence-corrected chi connectivity index (χ0v) is 9.59. The lowest BCUT2D eigenvalue weighted by Gasteiger charge is -2.25. The van der Waals surface area contributed by atoms with E-state index in [0.717, 1.165) is 6.42 Å². The fourth-order valence-corrected chi connectivity index (χ4v) is 2.17. The molecule has 1 aliphatic rings. The van der Waals surface area contributed by atoms with Crippen LogP contribution >= 0.6 is 0 Å². The van der Waals surface area contributed by atoms with Gasteiger partial charge in [0.1, 0.15) is 0 Å². The van der Waals surface area contributed by atoms with E-state index in [-0.39, 0.29) is 5.92 Å². The summed E-state index contributed by atoms with van der Waals surface area (Å²) in [7, 11) is 0. The second-order valence-electron chi connectivity index (χ2n) is 4.61. The maximum atomic E-state index is 8.96. The van der Waals surface area contributed by atoms with Gasteiger partial charge in [-0.3, -0.25) is 0 Å². The topological polar surface area (TPSA) is 35.8 Å². The Labute approximate surface area is 87.7 Å². The molecular weight excluding hydrogens is 172 g/mol. The van der Waals surface area contributed by atoms with Crippen molar-refractivity contribution < 1.29 is 0 Å². The highest BCUT2D eigenvalue weighted by Gasteiger charge is 2.28. The summed E-state index contributed by atoms with van der Waals surface area (Å²) in [5.74, 6) is 0.955. The van der Waals surface area contributed by atoms with Gasteiger partial charge in [0, 0.05) is 12.1 Å². The minimum absolute atomic E-state index is 0.251. The highest BCUT2D eigenvalue weighted by Crippen LogP contribution is 2.26. The van der Waals surface area contributed by atoms with E-state index in [1.165, 1.54) is 19.3 Å². The molecule has 0 saturated heterocycles. The van der Waals surface area contributed by atoms with Crippen molar-refractivity contribution >= 4 is 0 Å². The minimum Gasteiger partial charge on any atom is -0.310 e. The molecular formula is C12H22N2. The van der Waals surface area contributed by atoms with E-state index < -0.39 is 0 Å². The molecule has 0 bridgehead atoms. The lowest BCUT2D eigenvalue weighted by atomic mass is 9.98. The van der Waals surface area contributed by atoms with Crippen molar-refractivity contribution in [1.29, 1.82) is 5.26 Å². The SMILES string of the molecule is CCC(C)C(C)NC1CCCC1C#N. The van der Waals surface area contributed by atoms with Crippen LogP contribution in [0.1, 0.15) is 46.5 Å². The third-order valence-electron chi connectivity index (χ3n) is 3.66. The third kappa shape index (κ3) is 2.72. The summed E-state index contributed by atoms with van der Waals surface area (Å²) >= 11 is 0. The molecule has 4 unspecified atom stereocenters. The number of nitrogens with zero attached hydrogens (tertiary/aromatic N) is 1. The monoisotopic (exact) mass is 194 g/mol. The van der Waals surface area contributed by atoms with Crippen LogP contribution in [0.2, 0.25) is 0 Å². The standard InChI is InChI=1S/C12H22N2/c1-4-9(2)10(3)14-12-7-5-6-11(12)8-13/h9-12,14H,4-7H2,1-3H3. The van der Waals surface area contributed by atoms with Gasteiger partial charge in [-0.1, -0.05) is 26.7 Å². The highest BCUT2D eigenvalue weighted by molar-refractivity contribution is 4.97. The van der Waals surface area contributed by atoms with Crippen molar-refractivity contribution in [3.8, 4) is 6.07 Å². The molecule has 1 aliphatic carbocycles. The molecule has 0 aromatic carbocycles. The van der Waals surface area contributed by atoms with Gasteiger partial charge in [-0.05, 0) is 25.7 Å². The van der Waals surface area contributed by atoms with Crippen LogP contribution in [0.3, 0.4) is 0 Å². The Morgan fingerprint density at radius 3 is 2.71 bits per heavy atom. The van der Waals surface area contributed by atoms with E-state index >= 15 is 0 Å². The predicted octanol–water partition coefficient (Wildman–Crippen LogP) is 2.70. The van der Waals surface area contributed by atoms with Gasteiger partial charge in [0.15, 0.2) is 0 Å². The molecule has 1 saturated carbocycles. The van der Waals surface area contributed by atoms with E-state index in [1.54, 1.807) is 0 Å². The van der Waals surface area contributed by atoms with Crippen LogP contribution < -0.4 is 5.32 Å². The molecule has 0 spiro atoms. The molecule has 1 rings (SSSR count). The van der Waals surface area contributed by atoms with E-state index in [9.17, 15) is 0 Å². The predicted molar refractivity (Wildman–Crippen MR) is 58.8 cm³/mol. The first-order chi connectivity index (χ1) is 6.69. The normalized spacial score (nSPS) is 31.0. The Morgan fingerprint density at radius 1 is 1.43 bits per heavy atom. The number of hydrogen-bond acceptors (Lipinski definition) is 2. The minimum atomic E-state index is 0.251. The van der Waals surface area contributed by atoms with Crippen LogP contribution in [0.15, 0.2) is 0 Å². The largest absolute Gasteiger partial charge is 0.310 e. The summed E-state index contributed by atoms with van der Waals surface area (Å²) in [5.41, 5.74) is 0. The maximum Gasteiger partial charge on any atom is 0.0672 e. The lowest BCUT2D eigenvalue weighted by molar-refractivity contribution is 0.330. The average Bonchev–Trinajstić information content (AvgIpc) is 2.63. The molecule has 1 fully saturated rings. The lowest BCUT2D eigenvalue weighted by Crippen LogP contribution is -2.41. The summed E-state index contributed by atoms with van der Waals surface area (Å²) in [6.45, 7) is 6.73. The van der Waals surface area contributed by atoms with Crippen molar-refractivity contribution in [2.24, 2.45) is 11.8 Å². The van der Waals surface area contributed by atoms with Crippen LogP contribution in [-0.4, -0.2) is 12.1 Å². The molecule has 2 heteroatoms. The van der Waals surface area contributed by atoms with Gasteiger partial charge in [-0.15, -0.1) is 0 Å². The first-order valence-corrected chi connectivity index (χ1v) is 5.84. The summed E-state index contributed by atoms with van der Waals surface area (Å²) in [5, 5.41) is 12.6. The van der Waals surface area contributed by atoms with E-state index in [1.807, 2.05) is 0 Å². The van der Waals surface area contributed by atoms with Gasteiger partial charge in [-0.2, -0.15) is 5.26 Å². The first-order valence-electron chi connectivity index (χ1n) is 5.84. The van der Waals surface area contributed by atoms with Crippen LogP contribution in [-0.2, 0) is 0 Å². The average molecular weight is 194 g/mol. The Bertz CT molecular complexity index is 207. The van der Waals surface area contributed by atoms with Crippen molar-refractivity contribution in [1.82, 2.24) is 5.32 Å². The molecule has 2 nitrogen and oxygen atoms in total. The van der Waals surface area contributed by atoms with Crippen molar-refractivity contribution in [2.75, 3.05) is 0 Å². The second-order valence-corrected chi connectivity index (χ2v) is 4.61. The number of hydrogen-bond donors (Lipinski definition) is 1. The highest BCUT2D eigenvalue weighted by atomic mass is 15.0. The van der Waals surface area contributed by atoms with Gasteiger partial charge in [-0.25, -0.2) is 0 Å². The van der Waals surface area contributed by atoms with Gasteiger partial charge in [0.2, 0.25) is 0 Å². The Morgan fingerprint density at radius 2 is 2.14 bits per heavy atom. The van der Waals surface area contributed by atoms with Gasteiger partial charge in [0.25, 0.3) is 0 Å². The van der Waals surface area contributed by atoms with Crippen molar-refractivity contribution in [3.63, 3.8) is 0 Å². The first kappa shape index (κ1) is 11.5. The number of rotatable bonds is 4. The van der Waals surface area contributed by atoms with Gasteiger partial charge >= 0.3 is 0 Å². The fraction of sp³-hybridized carbons (Fsp3) is 0.917. The van der Waals surface area contributed by atoms with E-state index in [4.69, 9.17) is 5.26 Å². The van der Waals surface area contributed by atoms with Crippen LogP contribution in [0, 0.1) is 23.2 Å². The zero-order chi connectivity index (χ0) is 10.6. The molecule has 0 aromatic heterocycles. The van der Waals surface area contributed by atoms with E-state index in [2.05, 4.69) is 32.2 Å². The maximum absolute atomic E-state index is 8.96. The zero-order valence-electron chi connectivity index (χ0n) is 9.59. The Balaban J connectivity index is 2.40. The number of nitriles is 1. The molecule has 0 radical (unpaired) electrons. The Kier molecular flexibility index (Phi) is 4.41.